The standard InChI is InChI=1S/C14H11ClF2O/c1-8-7-9(5-6-11(8)16)14(18)10-3-2-4-12(17)13(10)15/h2-7,14,18H,1H3. The van der Waals surface area contributed by atoms with E-state index in [0.29, 0.717) is 11.1 Å². The van der Waals surface area contributed by atoms with E-state index >= 15 is 0 Å². The number of hydrogen-bond donors (Lipinski definition) is 1. The van der Waals surface area contributed by atoms with E-state index in [4.69, 9.17) is 11.6 Å². The van der Waals surface area contributed by atoms with Gasteiger partial charge >= 0.3 is 0 Å². The van der Waals surface area contributed by atoms with Crippen LogP contribution in [0.1, 0.15) is 22.8 Å². The first-order chi connectivity index (χ1) is 8.50. The first-order valence-corrected chi connectivity index (χ1v) is 5.76. The highest BCUT2D eigenvalue weighted by atomic mass is 35.5. The van der Waals surface area contributed by atoms with Gasteiger partial charge in [0.1, 0.15) is 17.7 Å². The molecule has 0 spiro atoms. The Morgan fingerprint density at radius 2 is 1.83 bits per heavy atom. The Balaban J connectivity index is 2.44. The minimum Gasteiger partial charge on any atom is -0.384 e. The summed E-state index contributed by atoms with van der Waals surface area (Å²) in [6.07, 6.45) is -1.08. The van der Waals surface area contributed by atoms with Gasteiger partial charge in [0, 0.05) is 5.56 Å². The zero-order chi connectivity index (χ0) is 13.3. The molecule has 18 heavy (non-hydrogen) atoms. The summed E-state index contributed by atoms with van der Waals surface area (Å²) in [5.74, 6) is -0.941. The van der Waals surface area contributed by atoms with Crippen molar-refractivity contribution >= 4 is 11.6 Å². The summed E-state index contributed by atoms with van der Waals surface area (Å²) in [4.78, 5) is 0. The van der Waals surface area contributed by atoms with E-state index in [0.717, 1.165) is 0 Å². The Morgan fingerprint density at radius 3 is 2.50 bits per heavy atom. The molecule has 0 amide bonds. The second kappa shape index (κ2) is 5.04. The van der Waals surface area contributed by atoms with E-state index in [9.17, 15) is 13.9 Å². The summed E-state index contributed by atoms with van der Waals surface area (Å²) < 4.78 is 26.4. The molecule has 0 aliphatic rings. The van der Waals surface area contributed by atoms with Gasteiger partial charge < -0.3 is 5.11 Å². The monoisotopic (exact) mass is 268 g/mol. The third-order valence-corrected chi connectivity index (χ3v) is 3.17. The molecular formula is C14H11ClF2O. The van der Waals surface area contributed by atoms with Crippen molar-refractivity contribution in [2.24, 2.45) is 0 Å². The summed E-state index contributed by atoms with van der Waals surface area (Å²) in [5.41, 5.74) is 1.16. The second-order valence-corrected chi connectivity index (χ2v) is 4.43. The molecule has 1 nitrogen and oxygen atoms in total. The fourth-order valence-corrected chi connectivity index (χ4v) is 1.98. The normalized spacial score (nSPS) is 12.5. The molecule has 2 aromatic rings. The molecule has 0 fully saturated rings. The maximum Gasteiger partial charge on any atom is 0.142 e. The lowest BCUT2D eigenvalue weighted by Gasteiger charge is -2.14. The lowest BCUT2D eigenvalue weighted by Crippen LogP contribution is -2.02. The van der Waals surface area contributed by atoms with Gasteiger partial charge in [-0.15, -0.1) is 0 Å². The molecule has 0 aliphatic heterocycles. The van der Waals surface area contributed by atoms with Gasteiger partial charge in [-0.2, -0.15) is 0 Å². The van der Waals surface area contributed by atoms with Crippen molar-refractivity contribution in [1.29, 1.82) is 0 Å². The number of aliphatic hydroxyl groups excluding tert-OH is 1. The molecular weight excluding hydrogens is 258 g/mol. The molecule has 0 bridgehead atoms. The molecule has 0 saturated heterocycles. The van der Waals surface area contributed by atoms with Crippen molar-refractivity contribution in [3.63, 3.8) is 0 Å². The fourth-order valence-electron chi connectivity index (χ4n) is 1.75. The first-order valence-electron chi connectivity index (χ1n) is 5.38. The van der Waals surface area contributed by atoms with Crippen LogP contribution in [0.15, 0.2) is 36.4 Å². The third kappa shape index (κ3) is 2.37. The van der Waals surface area contributed by atoms with Crippen molar-refractivity contribution in [2.45, 2.75) is 13.0 Å². The van der Waals surface area contributed by atoms with Crippen molar-refractivity contribution in [3.8, 4) is 0 Å². The van der Waals surface area contributed by atoms with Crippen molar-refractivity contribution < 1.29 is 13.9 Å². The number of rotatable bonds is 2. The predicted molar refractivity (Wildman–Crippen MR) is 66.6 cm³/mol. The molecule has 0 aliphatic carbocycles. The van der Waals surface area contributed by atoms with Gasteiger partial charge in [-0.05, 0) is 30.2 Å². The zero-order valence-corrected chi connectivity index (χ0v) is 10.4. The predicted octanol–water partition coefficient (Wildman–Crippen LogP) is 4.01. The van der Waals surface area contributed by atoms with Gasteiger partial charge in [0.2, 0.25) is 0 Å². The van der Waals surface area contributed by atoms with Crippen LogP contribution in [0.25, 0.3) is 0 Å². The van der Waals surface area contributed by atoms with Crippen molar-refractivity contribution in [1.82, 2.24) is 0 Å². The molecule has 0 saturated carbocycles. The van der Waals surface area contributed by atoms with Gasteiger partial charge in [0.25, 0.3) is 0 Å². The van der Waals surface area contributed by atoms with E-state index in [1.807, 2.05) is 0 Å². The van der Waals surface area contributed by atoms with Crippen LogP contribution in [-0.4, -0.2) is 5.11 Å². The Kier molecular flexibility index (Phi) is 3.64. The molecule has 1 N–H and O–H groups in total. The summed E-state index contributed by atoms with van der Waals surface area (Å²) in [6.45, 7) is 1.60. The first kappa shape index (κ1) is 13.0. The van der Waals surface area contributed by atoms with Crippen molar-refractivity contribution in [3.05, 3.63) is 69.7 Å². The highest BCUT2D eigenvalue weighted by molar-refractivity contribution is 6.31. The van der Waals surface area contributed by atoms with E-state index < -0.39 is 11.9 Å². The quantitative estimate of drug-likeness (QED) is 0.873. The number of hydrogen-bond acceptors (Lipinski definition) is 1. The summed E-state index contributed by atoms with van der Waals surface area (Å²) in [6, 6.07) is 8.45. The van der Waals surface area contributed by atoms with Gasteiger partial charge in [0.05, 0.1) is 5.02 Å². The minimum absolute atomic E-state index is 0.119. The Labute approximate surface area is 109 Å². The summed E-state index contributed by atoms with van der Waals surface area (Å²) in [7, 11) is 0. The topological polar surface area (TPSA) is 20.2 Å². The molecule has 1 atom stereocenters. The summed E-state index contributed by atoms with van der Waals surface area (Å²) in [5, 5.41) is 10.0. The number of benzene rings is 2. The molecule has 94 valence electrons. The van der Waals surface area contributed by atoms with Crippen LogP contribution in [0, 0.1) is 18.6 Å². The average Bonchev–Trinajstić information content (AvgIpc) is 2.35. The largest absolute Gasteiger partial charge is 0.384 e. The van der Waals surface area contributed by atoms with E-state index in [1.165, 1.54) is 36.4 Å². The van der Waals surface area contributed by atoms with Crippen LogP contribution in [0.2, 0.25) is 5.02 Å². The van der Waals surface area contributed by atoms with Crippen LogP contribution in [0.5, 0.6) is 0 Å². The van der Waals surface area contributed by atoms with Gasteiger partial charge in [-0.3, -0.25) is 0 Å². The minimum atomic E-state index is -1.08. The van der Waals surface area contributed by atoms with Crippen LogP contribution in [0.3, 0.4) is 0 Å². The second-order valence-electron chi connectivity index (χ2n) is 4.05. The maximum atomic E-state index is 13.3. The lowest BCUT2D eigenvalue weighted by atomic mass is 9.99. The van der Waals surface area contributed by atoms with Crippen LogP contribution >= 0.6 is 11.6 Å². The van der Waals surface area contributed by atoms with Gasteiger partial charge in [-0.25, -0.2) is 8.78 Å². The van der Waals surface area contributed by atoms with Crippen LogP contribution < -0.4 is 0 Å². The highest BCUT2D eigenvalue weighted by Crippen LogP contribution is 2.30. The molecule has 4 heteroatoms. The van der Waals surface area contributed by atoms with E-state index in [-0.39, 0.29) is 16.4 Å². The lowest BCUT2D eigenvalue weighted by molar-refractivity contribution is 0.219. The van der Waals surface area contributed by atoms with E-state index in [2.05, 4.69) is 0 Å². The van der Waals surface area contributed by atoms with E-state index in [1.54, 1.807) is 6.92 Å². The smallest absolute Gasteiger partial charge is 0.142 e. The van der Waals surface area contributed by atoms with Crippen LogP contribution in [0.4, 0.5) is 8.78 Å². The number of aryl methyl sites for hydroxylation is 1. The van der Waals surface area contributed by atoms with Crippen LogP contribution in [-0.2, 0) is 0 Å². The molecule has 1 unspecified atom stereocenters. The molecule has 0 aromatic heterocycles. The molecule has 0 radical (unpaired) electrons. The molecule has 2 aromatic carbocycles. The molecule has 2 rings (SSSR count). The number of aliphatic hydroxyl groups is 1. The fraction of sp³-hybridized carbons (Fsp3) is 0.143. The highest BCUT2D eigenvalue weighted by Gasteiger charge is 2.16. The Bertz CT molecular complexity index is 584. The van der Waals surface area contributed by atoms with Crippen molar-refractivity contribution in [2.75, 3.05) is 0 Å². The Hall–Kier alpha value is -1.45. The van der Waals surface area contributed by atoms with Gasteiger partial charge in [0.15, 0.2) is 0 Å². The van der Waals surface area contributed by atoms with Gasteiger partial charge in [-0.1, -0.05) is 35.9 Å². The average molecular weight is 269 g/mol. The number of halogens is 3. The summed E-state index contributed by atoms with van der Waals surface area (Å²) >= 11 is 5.80. The zero-order valence-electron chi connectivity index (χ0n) is 9.62. The Morgan fingerprint density at radius 1 is 1.11 bits per heavy atom. The third-order valence-electron chi connectivity index (χ3n) is 2.77. The SMILES string of the molecule is Cc1cc(C(O)c2cccc(F)c2Cl)ccc1F. The maximum absolute atomic E-state index is 13.3. The molecule has 0 heterocycles.